The fraction of sp³-hybridized carbons (Fsp3) is 0.320. The quantitative estimate of drug-likeness (QED) is 0.334. The molecule has 0 unspecified atom stereocenters. The number of hydrogen-bond acceptors (Lipinski definition) is 7. The first-order valence-electron chi connectivity index (χ1n) is 11.9. The highest BCUT2D eigenvalue weighted by molar-refractivity contribution is 5.96. The fourth-order valence-corrected chi connectivity index (χ4v) is 4.70. The standard InChI is InChI=1S/C25H26FN9/c1-14(2)30-16-10-15(11-27-12-16)17-13-29-23-19(20(17)26)22(33-34-23)24-31-18-6-7-28-25(21(18)32-24)35-8-4-3-5-9-35/h6-7,10-14,30H,3-5,8-9H2,1-2H3,(H,31,32)(H,29,33,34). The van der Waals surface area contributed by atoms with Crippen LogP contribution in [0.1, 0.15) is 33.1 Å². The van der Waals surface area contributed by atoms with Gasteiger partial charge < -0.3 is 15.2 Å². The molecule has 0 aliphatic carbocycles. The van der Waals surface area contributed by atoms with Crippen LogP contribution in [0, 0.1) is 5.82 Å². The second-order valence-electron chi connectivity index (χ2n) is 9.21. The molecule has 5 aromatic heterocycles. The molecule has 1 saturated heterocycles. The van der Waals surface area contributed by atoms with E-state index in [1.165, 1.54) is 12.6 Å². The van der Waals surface area contributed by atoms with Crippen LogP contribution in [0.5, 0.6) is 0 Å². The van der Waals surface area contributed by atoms with Gasteiger partial charge in [-0.3, -0.25) is 10.1 Å². The zero-order chi connectivity index (χ0) is 23.9. The average Bonchev–Trinajstić information content (AvgIpc) is 3.49. The van der Waals surface area contributed by atoms with Crippen molar-refractivity contribution in [2.45, 2.75) is 39.2 Å². The molecular formula is C25H26FN9. The molecule has 178 valence electrons. The largest absolute Gasteiger partial charge is 0.382 e. The lowest BCUT2D eigenvalue weighted by Gasteiger charge is -2.27. The van der Waals surface area contributed by atoms with Crippen molar-refractivity contribution in [3.63, 3.8) is 0 Å². The second kappa shape index (κ2) is 8.61. The van der Waals surface area contributed by atoms with E-state index in [-0.39, 0.29) is 11.4 Å². The molecule has 0 aromatic carbocycles. The van der Waals surface area contributed by atoms with Crippen molar-refractivity contribution in [3.8, 4) is 22.6 Å². The van der Waals surface area contributed by atoms with Crippen LogP contribution in [0.4, 0.5) is 15.9 Å². The van der Waals surface area contributed by atoms with Gasteiger partial charge in [-0.15, -0.1) is 0 Å². The van der Waals surface area contributed by atoms with E-state index in [0.29, 0.717) is 28.3 Å². The van der Waals surface area contributed by atoms with Gasteiger partial charge in [0.05, 0.1) is 16.6 Å². The Hall–Kier alpha value is -4.08. The molecule has 10 heteroatoms. The molecule has 5 aromatic rings. The third-order valence-corrected chi connectivity index (χ3v) is 6.30. The van der Waals surface area contributed by atoms with Gasteiger partial charge in [0.15, 0.2) is 17.3 Å². The Kier molecular flexibility index (Phi) is 5.28. The normalized spacial score (nSPS) is 14.3. The Morgan fingerprint density at radius 1 is 1.09 bits per heavy atom. The number of pyridine rings is 3. The maximum Gasteiger partial charge on any atom is 0.184 e. The summed E-state index contributed by atoms with van der Waals surface area (Å²) in [6.45, 7) is 6.00. The number of imidazole rings is 1. The zero-order valence-corrected chi connectivity index (χ0v) is 19.6. The first kappa shape index (κ1) is 21.5. The SMILES string of the molecule is CC(C)Nc1cncc(-c2cnc3n[nH]c(-c4nc5c(N6CCCCC6)nccc5[nH]4)c3c2F)c1. The highest BCUT2D eigenvalue weighted by Gasteiger charge is 2.22. The van der Waals surface area contributed by atoms with Crippen molar-refractivity contribution in [1.29, 1.82) is 0 Å². The molecule has 1 aliphatic rings. The van der Waals surface area contributed by atoms with Crippen molar-refractivity contribution in [2.75, 3.05) is 23.3 Å². The van der Waals surface area contributed by atoms with E-state index in [9.17, 15) is 0 Å². The number of H-pyrrole nitrogens is 2. The van der Waals surface area contributed by atoms with Gasteiger partial charge in [-0.25, -0.2) is 19.3 Å². The molecule has 0 spiro atoms. The van der Waals surface area contributed by atoms with Crippen LogP contribution in [0.3, 0.4) is 0 Å². The number of fused-ring (bicyclic) bond motifs is 2. The van der Waals surface area contributed by atoms with Gasteiger partial charge in [0, 0.05) is 55.0 Å². The molecule has 0 saturated carbocycles. The number of rotatable bonds is 5. The summed E-state index contributed by atoms with van der Waals surface area (Å²) in [7, 11) is 0. The van der Waals surface area contributed by atoms with Gasteiger partial charge in [0.1, 0.15) is 17.0 Å². The smallest absolute Gasteiger partial charge is 0.184 e. The lowest BCUT2D eigenvalue weighted by Crippen LogP contribution is -2.30. The minimum absolute atomic E-state index is 0.232. The second-order valence-corrected chi connectivity index (χ2v) is 9.21. The van der Waals surface area contributed by atoms with Crippen molar-refractivity contribution in [3.05, 3.63) is 42.7 Å². The van der Waals surface area contributed by atoms with E-state index in [2.05, 4.69) is 40.3 Å². The number of piperidine rings is 1. The van der Waals surface area contributed by atoms with E-state index in [0.717, 1.165) is 48.5 Å². The molecule has 3 N–H and O–H groups in total. The molecule has 1 aliphatic heterocycles. The van der Waals surface area contributed by atoms with Crippen molar-refractivity contribution < 1.29 is 4.39 Å². The van der Waals surface area contributed by atoms with Crippen LogP contribution in [-0.2, 0) is 0 Å². The van der Waals surface area contributed by atoms with Gasteiger partial charge in [-0.2, -0.15) is 5.10 Å². The predicted octanol–water partition coefficient (Wildman–Crippen LogP) is 4.91. The van der Waals surface area contributed by atoms with Crippen molar-refractivity contribution in [2.24, 2.45) is 0 Å². The molecule has 6 rings (SSSR count). The first-order chi connectivity index (χ1) is 17.1. The van der Waals surface area contributed by atoms with Crippen LogP contribution in [-0.4, -0.2) is 54.2 Å². The number of nitrogens with zero attached hydrogens (tertiary/aromatic N) is 6. The molecule has 0 radical (unpaired) electrons. The lowest BCUT2D eigenvalue weighted by atomic mass is 10.1. The number of nitrogens with one attached hydrogen (secondary N) is 3. The molecular weight excluding hydrogens is 445 g/mol. The van der Waals surface area contributed by atoms with Crippen LogP contribution < -0.4 is 10.2 Å². The van der Waals surface area contributed by atoms with E-state index >= 15 is 4.39 Å². The molecule has 1 fully saturated rings. The van der Waals surface area contributed by atoms with Crippen LogP contribution in [0.25, 0.3) is 44.7 Å². The third kappa shape index (κ3) is 3.84. The Morgan fingerprint density at radius 3 is 2.77 bits per heavy atom. The zero-order valence-electron chi connectivity index (χ0n) is 19.6. The summed E-state index contributed by atoms with van der Waals surface area (Å²) in [4.78, 5) is 23.7. The number of hydrogen-bond donors (Lipinski definition) is 3. The Bertz CT molecular complexity index is 1510. The monoisotopic (exact) mass is 471 g/mol. The highest BCUT2D eigenvalue weighted by atomic mass is 19.1. The van der Waals surface area contributed by atoms with E-state index in [1.807, 2.05) is 26.0 Å². The Morgan fingerprint density at radius 2 is 1.94 bits per heavy atom. The van der Waals surface area contributed by atoms with Crippen LogP contribution >= 0.6 is 0 Å². The van der Waals surface area contributed by atoms with Gasteiger partial charge in [-0.05, 0) is 45.2 Å². The van der Waals surface area contributed by atoms with Crippen LogP contribution in [0.2, 0.25) is 0 Å². The molecule has 0 atom stereocenters. The molecule has 0 amide bonds. The third-order valence-electron chi connectivity index (χ3n) is 6.30. The number of aromatic nitrogens is 7. The molecule has 0 bridgehead atoms. The topological polar surface area (TPSA) is 111 Å². The number of anilines is 2. The lowest BCUT2D eigenvalue weighted by molar-refractivity contribution is 0.574. The summed E-state index contributed by atoms with van der Waals surface area (Å²) < 4.78 is 15.9. The van der Waals surface area contributed by atoms with Gasteiger partial charge in [0.2, 0.25) is 0 Å². The van der Waals surface area contributed by atoms with Crippen LogP contribution in [0.15, 0.2) is 36.9 Å². The average molecular weight is 472 g/mol. The van der Waals surface area contributed by atoms with E-state index < -0.39 is 5.82 Å². The van der Waals surface area contributed by atoms with Gasteiger partial charge in [-0.1, -0.05) is 0 Å². The summed E-state index contributed by atoms with van der Waals surface area (Å²) >= 11 is 0. The molecule has 6 heterocycles. The number of halogens is 1. The van der Waals surface area contributed by atoms with E-state index in [1.54, 1.807) is 18.6 Å². The summed E-state index contributed by atoms with van der Waals surface area (Å²) in [5.41, 5.74) is 4.17. The summed E-state index contributed by atoms with van der Waals surface area (Å²) in [6, 6.07) is 3.99. The first-order valence-corrected chi connectivity index (χ1v) is 11.9. The number of aromatic amines is 2. The molecule has 35 heavy (non-hydrogen) atoms. The highest BCUT2D eigenvalue weighted by Crippen LogP contribution is 2.34. The minimum atomic E-state index is -0.419. The van der Waals surface area contributed by atoms with Gasteiger partial charge >= 0.3 is 0 Å². The Labute approximate surface area is 201 Å². The van der Waals surface area contributed by atoms with Crippen molar-refractivity contribution in [1.82, 2.24) is 35.1 Å². The Balaban J connectivity index is 1.45. The van der Waals surface area contributed by atoms with Gasteiger partial charge in [0.25, 0.3) is 0 Å². The minimum Gasteiger partial charge on any atom is -0.382 e. The fourth-order valence-electron chi connectivity index (χ4n) is 4.70. The maximum absolute atomic E-state index is 15.9. The van der Waals surface area contributed by atoms with Crippen molar-refractivity contribution >= 4 is 33.6 Å². The summed E-state index contributed by atoms with van der Waals surface area (Å²) in [5, 5.41) is 10.8. The summed E-state index contributed by atoms with van der Waals surface area (Å²) in [5.74, 6) is 0.936. The summed E-state index contributed by atoms with van der Waals surface area (Å²) in [6.07, 6.45) is 10.2. The van der Waals surface area contributed by atoms with E-state index in [4.69, 9.17) is 4.98 Å². The maximum atomic E-state index is 15.9. The molecule has 9 nitrogen and oxygen atoms in total. The predicted molar refractivity (Wildman–Crippen MR) is 135 cm³/mol.